The van der Waals surface area contributed by atoms with E-state index in [9.17, 15) is 9.59 Å². The van der Waals surface area contributed by atoms with Crippen LogP contribution in [0.5, 0.6) is 0 Å². The smallest absolute Gasteiger partial charge is 0.278 e. The van der Waals surface area contributed by atoms with Gasteiger partial charge >= 0.3 is 0 Å². The molecule has 142 valence electrons. The number of rotatable bonds is 6. The Morgan fingerprint density at radius 1 is 1.33 bits per heavy atom. The number of hydrogen-bond acceptors (Lipinski definition) is 4. The molecule has 0 saturated carbocycles. The molecule has 0 unspecified atom stereocenters. The molecule has 1 aromatic carbocycles. The largest absolute Gasteiger partial charge is 0.353 e. The van der Waals surface area contributed by atoms with Gasteiger partial charge in [-0.15, -0.1) is 0 Å². The molecule has 3 aromatic rings. The lowest BCUT2D eigenvalue weighted by molar-refractivity contribution is -0.115. The predicted molar refractivity (Wildman–Crippen MR) is 111 cm³/mol. The number of amides is 1. The summed E-state index contributed by atoms with van der Waals surface area (Å²) < 4.78 is 1.69. The zero-order chi connectivity index (χ0) is 19.6. The Bertz CT molecular complexity index is 1010. The molecule has 0 spiro atoms. The Balaban J connectivity index is 1.89. The molecule has 27 heavy (non-hydrogen) atoms. The number of hydrogen-bond donors (Lipinski definition) is 1. The summed E-state index contributed by atoms with van der Waals surface area (Å²) in [6.45, 7) is 5.93. The van der Waals surface area contributed by atoms with Gasteiger partial charge in [-0.05, 0) is 38.5 Å². The number of aryl methyl sites for hydroxylation is 1. The molecule has 0 fully saturated rings. The topological polar surface area (TPSA) is 71.0 Å². The standard InChI is InChI=1S/C20H24N4O2S/c1-5-14(3)24-19(26)18-16(11-13(2)21-18)22-20(24)27-12-17(25)23(4)15-9-7-6-8-10-15/h6-11,14,21H,5,12H2,1-4H3/t14-/m1/s1. The predicted octanol–water partition coefficient (Wildman–Crippen LogP) is 3.76. The molecule has 0 aliphatic carbocycles. The summed E-state index contributed by atoms with van der Waals surface area (Å²) in [4.78, 5) is 34.9. The summed E-state index contributed by atoms with van der Waals surface area (Å²) >= 11 is 1.31. The van der Waals surface area contributed by atoms with Crippen molar-refractivity contribution in [3.05, 3.63) is 52.4 Å². The first-order valence-electron chi connectivity index (χ1n) is 8.98. The van der Waals surface area contributed by atoms with E-state index in [0.29, 0.717) is 16.2 Å². The van der Waals surface area contributed by atoms with Crippen molar-refractivity contribution in [1.82, 2.24) is 14.5 Å². The quantitative estimate of drug-likeness (QED) is 0.519. The van der Waals surface area contributed by atoms with Crippen molar-refractivity contribution in [2.75, 3.05) is 17.7 Å². The lowest BCUT2D eigenvalue weighted by Gasteiger charge is -2.19. The summed E-state index contributed by atoms with van der Waals surface area (Å²) in [5.74, 6) is 0.171. The van der Waals surface area contributed by atoms with Gasteiger partial charge in [-0.3, -0.25) is 14.2 Å². The van der Waals surface area contributed by atoms with E-state index in [0.717, 1.165) is 17.8 Å². The zero-order valence-corrected chi connectivity index (χ0v) is 16.8. The van der Waals surface area contributed by atoms with Crippen molar-refractivity contribution in [2.45, 2.75) is 38.4 Å². The molecule has 1 atom stereocenters. The molecule has 0 saturated heterocycles. The minimum absolute atomic E-state index is 0.00228. The molecule has 0 radical (unpaired) electrons. The summed E-state index contributed by atoms with van der Waals surface area (Å²) in [7, 11) is 1.76. The highest BCUT2D eigenvalue weighted by molar-refractivity contribution is 7.99. The van der Waals surface area contributed by atoms with E-state index in [2.05, 4.69) is 9.97 Å². The van der Waals surface area contributed by atoms with Crippen LogP contribution >= 0.6 is 11.8 Å². The first-order valence-corrected chi connectivity index (χ1v) is 9.97. The Morgan fingerprint density at radius 2 is 2.04 bits per heavy atom. The maximum atomic E-state index is 12.9. The van der Waals surface area contributed by atoms with Crippen LogP contribution in [-0.2, 0) is 4.79 Å². The molecular weight excluding hydrogens is 360 g/mol. The Morgan fingerprint density at radius 3 is 2.70 bits per heavy atom. The molecule has 0 bridgehead atoms. The molecule has 1 N–H and O–H groups in total. The summed E-state index contributed by atoms with van der Waals surface area (Å²) in [5.41, 5.74) is 2.81. The van der Waals surface area contributed by atoms with E-state index in [4.69, 9.17) is 0 Å². The number of anilines is 1. The van der Waals surface area contributed by atoms with Crippen LogP contribution in [-0.4, -0.2) is 33.2 Å². The number of nitrogens with zero attached hydrogens (tertiary/aromatic N) is 3. The number of aromatic amines is 1. The minimum Gasteiger partial charge on any atom is -0.353 e. The average molecular weight is 385 g/mol. The van der Waals surface area contributed by atoms with Gasteiger partial charge in [0.2, 0.25) is 5.91 Å². The second kappa shape index (κ2) is 8.00. The van der Waals surface area contributed by atoms with Gasteiger partial charge in [0.15, 0.2) is 5.16 Å². The number of thioether (sulfide) groups is 1. The number of benzene rings is 1. The highest BCUT2D eigenvalue weighted by Gasteiger charge is 2.19. The first kappa shape index (κ1) is 19.2. The van der Waals surface area contributed by atoms with Crippen LogP contribution in [0.15, 0.2) is 46.3 Å². The summed E-state index contributed by atoms with van der Waals surface area (Å²) in [6, 6.07) is 11.4. The third-order valence-electron chi connectivity index (χ3n) is 4.66. The highest BCUT2D eigenvalue weighted by Crippen LogP contribution is 2.23. The van der Waals surface area contributed by atoms with Gasteiger partial charge < -0.3 is 9.88 Å². The van der Waals surface area contributed by atoms with Crippen LogP contribution in [0.2, 0.25) is 0 Å². The first-order chi connectivity index (χ1) is 12.9. The highest BCUT2D eigenvalue weighted by atomic mass is 32.2. The molecule has 2 aromatic heterocycles. The molecule has 7 heteroatoms. The fourth-order valence-corrected chi connectivity index (χ4v) is 3.89. The van der Waals surface area contributed by atoms with Gasteiger partial charge in [0.25, 0.3) is 5.56 Å². The van der Waals surface area contributed by atoms with Crippen LogP contribution in [0.1, 0.15) is 32.0 Å². The fourth-order valence-electron chi connectivity index (χ4n) is 2.88. The van der Waals surface area contributed by atoms with Crippen LogP contribution in [0.3, 0.4) is 0 Å². The van der Waals surface area contributed by atoms with Crippen molar-refractivity contribution in [1.29, 1.82) is 0 Å². The Labute approximate surface area is 162 Å². The Kier molecular flexibility index (Phi) is 5.70. The SMILES string of the molecule is CC[C@@H](C)n1c(SCC(=O)N(C)c2ccccc2)nc2cc(C)[nH]c2c1=O. The van der Waals surface area contributed by atoms with Gasteiger partial charge in [-0.25, -0.2) is 4.98 Å². The number of fused-ring (bicyclic) bond motifs is 1. The van der Waals surface area contributed by atoms with Gasteiger partial charge in [0.05, 0.1) is 11.3 Å². The maximum absolute atomic E-state index is 12.9. The summed E-state index contributed by atoms with van der Waals surface area (Å²) in [5, 5.41) is 0.579. The maximum Gasteiger partial charge on any atom is 0.278 e. The Hall–Kier alpha value is -2.54. The number of para-hydroxylation sites is 1. The van der Waals surface area contributed by atoms with E-state index < -0.39 is 0 Å². The van der Waals surface area contributed by atoms with E-state index >= 15 is 0 Å². The van der Waals surface area contributed by atoms with Crippen LogP contribution in [0, 0.1) is 6.92 Å². The lowest BCUT2D eigenvalue weighted by atomic mass is 10.2. The third-order valence-corrected chi connectivity index (χ3v) is 5.60. The number of H-pyrrole nitrogens is 1. The second-order valence-electron chi connectivity index (χ2n) is 6.62. The average Bonchev–Trinajstić information content (AvgIpc) is 3.06. The molecule has 2 heterocycles. The van der Waals surface area contributed by atoms with Gasteiger partial charge in [-0.1, -0.05) is 36.9 Å². The van der Waals surface area contributed by atoms with Crippen molar-refractivity contribution in [2.24, 2.45) is 0 Å². The second-order valence-corrected chi connectivity index (χ2v) is 7.56. The normalized spacial score (nSPS) is 12.3. The van der Waals surface area contributed by atoms with E-state index in [1.165, 1.54) is 11.8 Å². The summed E-state index contributed by atoms with van der Waals surface area (Å²) in [6.07, 6.45) is 0.804. The van der Waals surface area contributed by atoms with Crippen LogP contribution in [0.4, 0.5) is 5.69 Å². The molecule has 0 aliphatic rings. The zero-order valence-electron chi connectivity index (χ0n) is 16.0. The van der Waals surface area contributed by atoms with E-state index in [1.54, 1.807) is 16.5 Å². The molecule has 0 aliphatic heterocycles. The molecule has 3 rings (SSSR count). The van der Waals surface area contributed by atoms with Crippen LogP contribution in [0.25, 0.3) is 11.0 Å². The molecular formula is C20H24N4O2S. The minimum atomic E-state index is -0.0891. The van der Waals surface area contributed by atoms with Gasteiger partial charge in [0.1, 0.15) is 5.52 Å². The van der Waals surface area contributed by atoms with E-state index in [-0.39, 0.29) is 23.3 Å². The third kappa shape index (κ3) is 3.93. The fraction of sp³-hybridized carbons (Fsp3) is 0.350. The number of carbonyl (C=O) groups excluding carboxylic acids is 1. The van der Waals surface area contributed by atoms with Crippen molar-refractivity contribution in [3.8, 4) is 0 Å². The van der Waals surface area contributed by atoms with Crippen molar-refractivity contribution >= 4 is 34.4 Å². The van der Waals surface area contributed by atoms with Gasteiger partial charge in [-0.2, -0.15) is 0 Å². The van der Waals surface area contributed by atoms with Crippen molar-refractivity contribution < 1.29 is 4.79 Å². The van der Waals surface area contributed by atoms with Gasteiger partial charge in [0, 0.05) is 24.5 Å². The number of carbonyl (C=O) groups is 1. The van der Waals surface area contributed by atoms with E-state index in [1.807, 2.05) is 57.2 Å². The number of aromatic nitrogens is 3. The molecule has 1 amide bonds. The van der Waals surface area contributed by atoms with Crippen LogP contribution < -0.4 is 10.5 Å². The molecule has 6 nitrogen and oxygen atoms in total. The monoisotopic (exact) mass is 384 g/mol. The lowest BCUT2D eigenvalue weighted by Crippen LogP contribution is -2.29. The number of nitrogens with one attached hydrogen (secondary N) is 1. The van der Waals surface area contributed by atoms with Crippen molar-refractivity contribution in [3.63, 3.8) is 0 Å².